The first-order chi connectivity index (χ1) is 12.3. The van der Waals surface area contributed by atoms with Crippen molar-refractivity contribution in [1.82, 2.24) is 4.31 Å². The smallest absolute Gasteiger partial charge is 0.242 e. The average Bonchev–Trinajstić information content (AvgIpc) is 2.62. The van der Waals surface area contributed by atoms with Gasteiger partial charge in [0.05, 0.1) is 10.6 Å². The van der Waals surface area contributed by atoms with Gasteiger partial charge in [0, 0.05) is 30.4 Å². The normalized spacial score (nSPS) is 11.5. The molecule has 0 fully saturated rings. The van der Waals surface area contributed by atoms with Gasteiger partial charge >= 0.3 is 0 Å². The molecule has 0 aliphatic heterocycles. The Kier molecular flexibility index (Phi) is 7.57. The summed E-state index contributed by atoms with van der Waals surface area (Å²) >= 11 is 3.21. The van der Waals surface area contributed by atoms with Crippen LogP contribution in [0.3, 0.4) is 0 Å². The molecule has 1 amide bonds. The van der Waals surface area contributed by atoms with Gasteiger partial charge in [-0.05, 0) is 42.2 Å². The van der Waals surface area contributed by atoms with Crippen molar-refractivity contribution in [2.75, 3.05) is 31.4 Å². The molecule has 1 N–H and O–H groups in total. The molecule has 0 spiro atoms. The Morgan fingerprint density at radius 3 is 2.42 bits per heavy atom. The van der Waals surface area contributed by atoms with Crippen LogP contribution >= 0.6 is 23.5 Å². The molecular weight excluding hydrogens is 388 g/mol. The Morgan fingerprint density at radius 1 is 1.12 bits per heavy atom. The highest BCUT2D eigenvalue weighted by Gasteiger charge is 2.17. The first-order valence-electron chi connectivity index (χ1n) is 7.86. The molecule has 2 aromatic rings. The van der Waals surface area contributed by atoms with Crippen LogP contribution in [0.1, 0.15) is 5.56 Å². The molecule has 0 saturated heterocycles. The number of carbonyl (C=O) groups excluding carboxylic acids is 1. The molecule has 26 heavy (non-hydrogen) atoms. The van der Waals surface area contributed by atoms with Crippen LogP contribution in [0.4, 0.5) is 5.69 Å². The minimum absolute atomic E-state index is 0.154. The van der Waals surface area contributed by atoms with E-state index in [-0.39, 0.29) is 10.8 Å². The van der Waals surface area contributed by atoms with Gasteiger partial charge in [-0.25, -0.2) is 12.7 Å². The van der Waals surface area contributed by atoms with Crippen molar-refractivity contribution in [3.05, 3.63) is 54.1 Å². The van der Waals surface area contributed by atoms with Crippen LogP contribution in [0.25, 0.3) is 0 Å². The van der Waals surface area contributed by atoms with Crippen LogP contribution in [0.5, 0.6) is 0 Å². The van der Waals surface area contributed by atoms with Crippen molar-refractivity contribution in [3.8, 4) is 0 Å². The van der Waals surface area contributed by atoms with Crippen molar-refractivity contribution < 1.29 is 13.2 Å². The number of nitrogens with zero attached hydrogens (tertiary/aromatic N) is 1. The zero-order chi connectivity index (χ0) is 19.2. The number of thioether (sulfide) groups is 2. The summed E-state index contributed by atoms with van der Waals surface area (Å²) in [5, 5.41) is 2.75. The highest BCUT2D eigenvalue weighted by molar-refractivity contribution is 7.99. The minimum atomic E-state index is -3.52. The standard InChI is InChI=1S/C18H22N2O3S3/c1-20(2)26(22,23)17-6-4-5-15(11-17)19-18(21)13-25-12-14-7-9-16(24-3)10-8-14/h4-11H,12-13H2,1-3H3,(H,19,21). The van der Waals surface area contributed by atoms with Gasteiger partial charge in [-0.15, -0.1) is 23.5 Å². The van der Waals surface area contributed by atoms with Gasteiger partial charge < -0.3 is 5.32 Å². The third kappa shape index (κ3) is 5.77. The number of carbonyl (C=O) groups is 1. The van der Waals surface area contributed by atoms with E-state index in [4.69, 9.17) is 0 Å². The zero-order valence-electron chi connectivity index (χ0n) is 14.9. The number of hydrogen-bond acceptors (Lipinski definition) is 5. The fraction of sp³-hybridized carbons (Fsp3) is 0.278. The highest BCUT2D eigenvalue weighted by Crippen LogP contribution is 2.20. The molecule has 0 aliphatic carbocycles. The SMILES string of the molecule is CSc1ccc(CSCC(=O)Nc2cccc(S(=O)(=O)N(C)C)c2)cc1. The molecule has 0 atom stereocenters. The van der Waals surface area contributed by atoms with E-state index in [1.54, 1.807) is 23.9 Å². The van der Waals surface area contributed by atoms with Crippen LogP contribution in [-0.2, 0) is 20.6 Å². The van der Waals surface area contributed by atoms with Gasteiger partial charge in [0.1, 0.15) is 0 Å². The van der Waals surface area contributed by atoms with Gasteiger partial charge in [0.15, 0.2) is 0 Å². The molecule has 0 radical (unpaired) electrons. The number of amides is 1. The topological polar surface area (TPSA) is 66.5 Å². The second-order valence-electron chi connectivity index (χ2n) is 5.70. The molecule has 0 aliphatic rings. The Labute approximate surface area is 163 Å². The molecule has 2 rings (SSSR count). The van der Waals surface area contributed by atoms with E-state index >= 15 is 0 Å². The van der Waals surface area contributed by atoms with Crippen molar-refractivity contribution in [2.45, 2.75) is 15.5 Å². The summed E-state index contributed by atoms with van der Waals surface area (Å²) in [4.78, 5) is 13.5. The summed E-state index contributed by atoms with van der Waals surface area (Å²) in [6.45, 7) is 0. The fourth-order valence-corrected chi connectivity index (χ4v) is 4.27. The summed E-state index contributed by atoms with van der Waals surface area (Å²) in [5.41, 5.74) is 1.64. The maximum atomic E-state index is 12.2. The fourth-order valence-electron chi connectivity index (χ4n) is 2.13. The van der Waals surface area contributed by atoms with Gasteiger partial charge in [0.25, 0.3) is 0 Å². The van der Waals surface area contributed by atoms with Crippen molar-refractivity contribution in [1.29, 1.82) is 0 Å². The molecule has 0 aromatic heterocycles. The molecular formula is C18H22N2O3S3. The number of anilines is 1. The molecule has 140 valence electrons. The molecule has 5 nitrogen and oxygen atoms in total. The number of hydrogen-bond donors (Lipinski definition) is 1. The summed E-state index contributed by atoms with van der Waals surface area (Å²) in [6, 6.07) is 14.5. The molecule has 0 saturated carbocycles. The number of sulfonamides is 1. The zero-order valence-corrected chi connectivity index (χ0v) is 17.4. The Morgan fingerprint density at radius 2 is 1.81 bits per heavy atom. The second-order valence-corrected chi connectivity index (χ2v) is 9.72. The molecule has 2 aromatic carbocycles. The maximum absolute atomic E-state index is 12.2. The Hall–Kier alpha value is -1.48. The molecule has 0 heterocycles. The lowest BCUT2D eigenvalue weighted by molar-refractivity contribution is -0.113. The third-order valence-electron chi connectivity index (χ3n) is 3.56. The van der Waals surface area contributed by atoms with E-state index in [0.29, 0.717) is 11.4 Å². The van der Waals surface area contributed by atoms with Gasteiger partial charge in [-0.3, -0.25) is 4.79 Å². The van der Waals surface area contributed by atoms with Gasteiger partial charge in [-0.1, -0.05) is 18.2 Å². The van der Waals surface area contributed by atoms with Gasteiger partial charge in [0.2, 0.25) is 15.9 Å². The highest BCUT2D eigenvalue weighted by atomic mass is 32.2. The van der Waals surface area contributed by atoms with Crippen molar-refractivity contribution in [2.24, 2.45) is 0 Å². The van der Waals surface area contributed by atoms with Crippen LogP contribution in [-0.4, -0.2) is 44.7 Å². The molecule has 0 unspecified atom stereocenters. The number of nitrogens with one attached hydrogen (secondary N) is 1. The molecule has 8 heteroatoms. The van der Waals surface area contributed by atoms with Crippen LogP contribution < -0.4 is 5.32 Å². The monoisotopic (exact) mass is 410 g/mol. The van der Waals surface area contributed by atoms with E-state index < -0.39 is 10.0 Å². The summed E-state index contributed by atoms with van der Waals surface area (Å²) in [7, 11) is -0.569. The first-order valence-corrected chi connectivity index (χ1v) is 11.7. The summed E-state index contributed by atoms with van der Waals surface area (Å²) < 4.78 is 25.4. The van der Waals surface area contributed by atoms with Crippen LogP contribution in [0.15, 0.2) is 58.3 Å². The van der Waals surface area contributed by atoms with Crippen molar-refractivity contribution >= 4 is 45.1 Å². The van der Waals surface area contributed by atoms with E-state index in [2.05, 4.69) is 29.6 Å². The van der Waals surface area contributed by atoms with Gasteiger partial charge in [-0.2, -0.15) is 0 Å². The number of rotatable bonds is 8. The van der Waals surface area contributed by atoms with Crippen molar-refractivity contribution in [3.63, 3.8) is 0 Å². The molecule has 0 bridgehead atoms. The van der Waals surface area contributed by atoms with E-state index in [9.17, 15) is 13.2 Å². The quantitative estimate of drug-likeness (QED) is 0.675. The predicted molar refractivity (Wildman–Crippen MR) is 110 cm³/mol. The first kappa shape index (κ1) is 20.8. The lowest BCUT2D eigenvalue weighted by atomic mass is 10.2. The lowest BCUT2D eigenvalue weighted by Gasteiger charge is -2.12. The largest absolute Gasteiger partial charge is 0.325 e. The van der Waals surface area contributed by atoms with Crippen LogP contribution in [0, 0.1) is 0 Å². The minimum Gasteiger partial charge on any atom is -0.325 e. The maximum Gasteiger partial charge on any atom is 0.242 e. The van der Waals surface area contributed by atoms with Crippen LogP contribution in [0.2, 0.25) is 0 Å². The lowest BCUT2D eigenvalue weighted by Crippen LogP contribution is -2.22. The average molecular weight is 411 g/mol. The second kappa shape index (κ2) is 9.45. The third-order valence-corrected chi connectivity index (χ3v) is 7.12. The predicted octanol–water partition coefficient (Wildman–Crippen LogP) is 3.53. The Bertz CT molecular complexity index is 850. The number of benzene rings is 2. The Balaban J connectivity index is 1.89. The van der Waals surface area contributed by atoms with E-state index in [0.717, 1.165) is 10.1 Å². The summed E-state index contributed by atoms with van der Waals surface area (Å²) in [6.07, 6.45) is 2.03. The van der Waals surface area contributed by atoms with E-state index in [1.807, 2.05) is 6.26 Å². The van der Waals surface area contributed by atoms with E-state index in [1.165, 1.54) is 48.4 Å². The summed E-state index contributed by atoms with van der Waals surface area (Å²) in [5.74, 6) is 0.890.